The monoisotopic (exact) mass is 382 g/mol. The maximum Gasteiger partial charge on any atom is 0.260 e. The fraction of sp³-hybridized carbons (Fsp3) is 0.400. The SMILES string of the molecule is COc1nc2c(cc1CNC(=O)c1ccc[nH]c1=O)C(=O)N(C1CCCC1)C2. The van der Waals surface area contributed by atoms with Gasteiger partial charge in [-0.15, -0.1) is 0 Å². The van der Waals surface area contributed by atoms with Gasteiger partial charge in [0.15, 0.2) is 0 Å². The highest BCUT2D eigenvalue weighted by atomic mass is 16.5. The van der Waals surface area contributed by atoms with Crippen molar-refractivity contribution in [1.82, 2.24) is 20.2 Å². The zero-order valence-corrected chi connectivity index (χ0v) is 15.7. The van der Waals surface area contributed by atoms with Gasteiger partial charge in [0, 0.05) is 24.3 Å². The van der Waals surface area contributed by atoms with Crippen molar-refractivity contribution >= 4 is 11.8 Å². The third-order valence-electron chi connectivity index (χ3n) is 5.41. The van der Waals surface area contributed by atoms with Gasteiger partial charge in [-0.1, -0.05) is 12.8 Å². The highest BCUT2D eigenvalue weighted by Gasteiger charge is 2.35. The molecule has 1 aliphatic carbocycles. The molecule has 8 heteroatoms. The lowest BCUT2D eigenvalue weighted by Crippen LogP contribution is -2.33. The molecule has 0 spiro atoms. The van der Waals surface area contributed by atoms with Crippen molar-refractivity contribution in [3.63, 3.8) is 0 Å². The van der Waals surface area contributed by atoms with Gasteiger partial charge in [-0.2, -0.15) is 0 Å². The maximum absolute atomic E-state index is 12.9. The van der Waals surface area contributed by atoms with Crippen molar-refractivity contribution in [3.05, 3.63) is 57.1 Å². The van der Waals surface area contributed by atoms with Crippen molar-refractivity contribution < 1.29 is 14.3 Å². The lowest BCUT2D eigenvalue weighted by atomic mass is 10.1. The van der Waals surface area contributed by atoms with Crippen LogP contribution in [0.4, 0.5) is 0 Å². The molecule has 2 amide bonds. The van der Waals surface area contributed by atoms with Crippen molar-refractivity contribution in [2.45, 2.75) is 44.8 Å². The Balaban J connectivity index is 1.54. The molecule has 0 bridgehead atoms. The van der Waals surface area contributed by atoms with E-state index >= 15 is 0 Å². The number of ether oxygens (including phenoxy) is 1. The minimum Gasteiger partial charge on any atom is -0.481 e. The normalized spacial score (nSPS) is 16.3. The molecule has 8 nitrogen and oxygen atoms in total. The summed E-state index contributed by atoms with van der Waals surface area (Å²) in [4.78, 5) is 45.8. The molecule has 0 atom stereocenters. The maximum atomic E-state index is 12.9. The van der Waals surface area contributed by atoms with Gasteiger partial charge in [-0.3, -0.25) is 14.4 Å². The molecule has 28 heavy (non-hydrogen) atoms. The first-order valence-corrected chi connectivity index (χ1v) is 9.42. The second kappa shape index (κ2) is 7.46. The molecule has 0 aromatic carbocycles. The van der Waals surface area contributed by atoms with Crippen molar-refractivity contribution in [2.24, 2.45) is 0 Å². The number of hydrogen-bond donors (Lipinski definition) is 2. The summed E-state index contributed by atoms with van der Waals surface area (Å²) in [6.45, 7) is 0.606. The Morgan fingerprint density at radius 1 is 1.36 bits per heavy atom. The minimum atomic E-state index is -0.497. The number of nitrogens with one attached hydrogen (secondary N) is 2. The number of aromatic nitrogens is 2. The minimum absolute atomic E-state index is 0.0101. The predicted molar refractivity (Wildman–Crippen MR) is 101 cm³/mol. The number of carbonyl (C=O) groups excluding carboxylic acids is 2. The molecule has 2 N–H and O–H groups in total. The average molecular weight is 382 g/mol. The average Bonchev–Trinajstić information content (AvgIpc) is 3.34. The van der Waals surface area contributed by atoms with Gasteiger partial charge in [0.25, 0.3) is 17.4 Å². The zero-order chi connectivity index (χ0) is 19.7. The van der Waals surface area contributed by atoms with Crippen LogP contribution in [-0.4, -0.2) is 39.8 Å². The van der Waals surface area contributed by atoms with Crippen LogP contribution in [0.1, 0.15) is 57.7 Å². The van der Waals surface area contributed by atoms with Crippen LogP contribution in [0.3, 0.4) is 0 Å². The van der Waals surface area contributed by atoms with E-state index < -0.39 is 11.5 Å². The van der Waals surface area contributed by atoms with Crippen LogP contribution in [0.5, 0.6) is 5.88 Å². The number of aromatic amines is 1. The van der Waals surface area contributed by atoms with Crippen LogP contribution in [0, 0.1) is 0 Å². The molecule has 4 rings (SSSR count). The molecular weight excluding hydrogens is 360 g/mol. The smallest absolute Gasteiger partial charge is 0.260 e. The molecule has 2 aliphatic rings. The topological polar surface area (TPSA) is 104 Å². The van der Waals surface area contributed by atoms with E-state index in [1.807, 2.05) is 4.90 Å². The summed E-state index contributed by atoms with van der Waals surface area (Å²) in [7, 11) is 1.51. The van der Waals surface area contributed by atoms with E-state index in [0.717, 1.165) is 25.7 Å². The number of carbonyl (C=O) groups is 2. The standard InChI is InChI=1S/C20H22N4O4/c1-28-19-12(10-22-18(26)14-7-4-8-21-17(14)25)9-15-16(23-19)11-24(20(15)27)13-5-2-3-6-13/h4,7-9,13H,2-3,5-6,10-11H2,1H3,(H,21,25)(H,22,26). The second-order valence-electron chi connectivity index (χ2n) is 7.12. The van der Waals surface area contributed by atoms with Gasteiger partial charge in [-0.05, 0) is 31.0 Å². The third kappa shape index (κ3) is 3.26. The lowest BCUT2D eigenvalue weighted by Gasteiger charge is -2.22. The first kappa shape index (κ1) is 18.2. The summed E-state index contributed by atoms with van der Waals surface area (Å²) < 4.78 is 5.37. The highest BCUT2D eigenvalue weighted by molar-refractivity contribution is 5.98. The molecule has 0 saturated heterocycles. The number of pyridine rings is 2. The van der Waals surface area contributed by atoms with Crippen LogP contribution in [-0.2, 0) is 13.1 Å². The van der Waals surface area contributed by atoms with Gasteiger partial charge in [0.1, 0.15) is 5.56 Å². The first-order chi connectivity index (χ1) is 13.6. The van der Waals surface area contributed by atoms with E-state index in [2.05, 4.69) is 15.3 Å². The quantitative estimate of drug-likeness (QED) is 0.817. The van der Waals surface area contributed by atoms with E-state index in [-0.39, 0.29) is 24.1 Å². The molecule has 1 fully saturated rings. The molecule has 3 heterocycles. The fourth-order valence-corrected chi connectivity index (χ4v) is 3.95. The van der Waals surface area contributed by atoms with E-state index in [0.29, 0.717) is 29.2 Å². The Morgan fingerprint density at radius 2 is 2.14 bits per heavy atom. The van der Waals surface area contributed by atoms with Crippen molar-refractivity contribution in [1.29, 1.82) is 0 Å². The van der Waals surface area contributed by atoms with Crippen LogP contribution < -0.4 is 15.6 Å². The van der Waals surface area contributed by atoms with Crippen LogP contribution in [0.25, 0.3) is 0 Å². The summed E-state index contributed by atoms with van der Waals surface area (Å²) in [5.74, 6) is -0.130. The summed E-state index contributed by atoms with van der Waals surface area (Å²) in [6, 6.07) is 5.06. The number of fused-ring (bicyclic) bond motifs is 1. The summed E-state index contributed by atoms with van der Waals surface area (Å²) in [5.41, 5.74) is 1.45. The zero-order valence-electron chi connectivity index (χ0n) is 15.7. The summed E-state index contributed by atoms with van der Waals surface area (Å²) in [6.07, 6.45) is 5.83. The second-order valence-corrected chi connectivity index (χ2v) is 7.12. The van der Waals surface area contributed by atoms with Gasteiger partial charge >= 0.3 is 0 Å². The molecular formula is C20H22N4O4. The van der Waals surface area contributed by atoms with Gasteiger partial charge in [0.05, 0.1) is 24.9 Å². The molecule has 2 aromatic heterocycles. The summed E-state index contributed by atoms with van der Waals surface area (Å²) in [5, 5.41) is 2.70. The number of hydrogen-bond acceptors (Lipinski definition) is 5. The number of amides is 2. The lowest BCUT2D eigenvalue weighted by molar-refractivity contribution is 0.0706. The molecule has 0 unspecified atom stereocenters. The van der Waals surface area contributed by atoms with E-state index in [9.17, 15) is 14.4 Å². The molecule has 1 saturated carbocycles. The number of rotatable bonds is 5. The van der Waals surface area contributed by atoms with Crippen LogP contribution >= 0.6 is 0 Å². The molecule has 2 aromatic rings. The largest absolute Gasteiger partial charge is 0.481 e. The number of nitrogens with zero attached hydrogens (tertiary/aromatic N) is 2. The fourth-order valence-electron chi connectivity index (χ4n) is 3.95. The Kier molecular flexibility index (Phi) is 4.85. The van der Waals surface area contributed by atoms with Gasteiger partial charge in [0.2, 0.25) is 5.88 Å². The van der Waals surface area contributed by atoms with E-state index in [1.165, 1.54) is 19.4 Å². The Morgan fingerprint density at radius 3 is 2.86 bits per heavy atom. The van der Waals surface area contributed by atoms with Crippen LogP contribution in [0.2, 0.25) is 0 Å². The van der Waals surface area contributed by atoms with Crippen LogP contribution in [0.15, 0.2) is 29.2 Å². The Bertz CT molecular complexity index is 978. The predicted octanol–water partition coefficient (Wildman–Crippen LogP) is 1.61. The Hall–Kier alpha value is -3.16. The molecule has 1 aliphatic heterocycles. The van der Waals surface area contributed by atoms with Gasteiger partial charge in [-0.25, -0.2) is 4.98 Å². The van der Waals surface area contributed by atoms with E-state index in [4.69, 9.17) is 4.74 Å². The van der Waals surface area contributed by atoms with Crippen molar-refractivity contribution in [3.8, 4) is 5.88 Å². The first-order valence-electron chi connectivity index (χ1n) is 9.42. The highest BCUT2D eigenvalue weighted by Crippen LogP contribution is 2.33. The number of methoxy groups -OCH3 is 1. The third-order valence-corrected chi connectivity index (χ3v) is 5.41. The number of H-pyrrole nitrogens is 1. The van der Waals surface area contributed by atoms with Crippen molar-refractivity contribution in [2.75, 3.05) is 7.11 Å². The Labute approximate surface area is 161 Å². The van der Waals surface area contributed by atoms with Gasteiger partial charge < -0.3 is 19.9 Å². The van der Waals surface area contributed by atoms with E-state index in [1.54, 1.807) is 12.1 Å². The summed E-state index contributed by atoms with van der Waals surface area (Å²) >= 11 is 0. The molecule has 146 valence electrons. The molecule has 0 radical (unpaired) electrons.